The third-order valence-electron chi connectivity index (χ3n) is 5.79. The van der Waals surface area contributed by atoms with Gasteiger partial charge < -0.3 is 10.2 Å². The van der Waals surface area contributed by atoms with E-state index in [0.29, 0.717) is 18.4 Å². The van der Waals surface area contributed by atoms with Crippen LogP contribution in [0, 0.1) is 11.9 Å². The van der Waals surface area contributed by atoms with Gasteiger partial charge in [-0.15, -0.1) is 24.8 Å². The van der Waals surface area contributed by atoms with Crippen molar-refractivity contribution < 1.29 is 13.6 Å². The molecule has 0 bridgehead atoms. The highest BCUT2D eigenvalue weighted by atomic mass is 35.5. The number of amides is 1. The second-order valence-electron chi connectivity index (χ2n) is 7.67. The Bertz CT molecular complexity index is 848. The normalized spacial score (nSPS) is 17.4. The number of aromatic nitrogens is 1. The minimum absolute atomic E-state index is 0. The van der Waals surface area contributed by atoms with Gasteiger partial charge in [0.05, 0.1) is 0 Å². The summed E-state index contributed by atoms with van der Waals surface area (Å²) in [7, 11) is 1.70. The van der Waals surface area contributed by atoms with E-state index in [1.807, 2.05) is 12.1 Å². The maximum atomic E-state index is 13.7. The lowest BCUT2D eigenvalue weighted by Crippen LogP contribution is -2.63. The number of nitrogens with one attached hydrogen (secondary N) is 1. The van der Waals surface area contributed by atoms with Gasteiger partial charge in [-0.05, 0) is 28.8 Å². The van der Waals surface area contributed by atoms with Gasteiger partial charge >= 0.3 is 0 Å². The summed E-state index contributed by atoms with van der Waals surface area (Å²) >= 11 is 0. The molecule has 0 radical (unpaired) electrons. The fraction of sp³-hybridized carbons (Fsp3) is 0.429. The van der Waals surface area contributed by atoms with Crippen LogP contribution in [0.25, 0.3) is 0 Å². The van der Waals surface area contributed by atoms with Crippen molar-refractivity contribution >= 4 is 30.7 Å². The Morgan fingerprint density at radius 2 is 1.63 bits per heavy atom. The van der Waals surface area contributed by atoms with Gasteiger partial charge in [-0.25, -0.2) is 0 Å². The molecule has 164 valence electrons. The summed E-state index contributed by atoms with van der Waals surface area (Å²) in [6, 6.07) is 10.5. The van der Waals surface area contributed by atoms with Crippen LogP contribution in [0.3, 0.4) is 0 Å². The van der Waals surface area contributed by atoms with Crippen molar-refractivity contribution in [2.75, 3.05) is 33.2 Å². The maximum absolute atomic E-state index is 13.7. The van der Waals surface area contributed by atoms with E-state index in [4.69, 9.17) is 0 Å². The van der Waals surface area contributed by atoms with Crippen molar-refractivity contribution in [3.63, 3.8) is 0 Å². The maximum Gasteiger partial charge on any atom is 0.243 e. The number of halogens is 4. The monoisotopic (exact) mass is 458 g/mol. The van der Waals surface area contributed by atoms with E-state index in [0.717, 1.165) is 26.2 Å². The topological polar surface area (TPSA) is 48.5 Å². The molecule has 0 saturated carbocycles. The van der Waals surface area contributed by atoms with Gasteiger partial charge in [0, 0.05) is 52.6 Å². The van der Waals surface area contributed by atoms with Gasteiger partial charge in [0.1, 0.15) is 5.54 Å². The number of piperazine rings is 1. The Hall–Kier alpha value is -1.80. The number of carbonyl (C=O) groups is 1. The fourth-order valence-corrected chi connectivity index (χ4v) is 4.50. The van der Waals surface area contributed by atoms with Crippen molar-refractivity contribution in [2.24, 2.45) is 0 Å². The zero-order valence-corrected chi connectivity index (χ0v) is 18.4. The lowest BCUT2D eigenvalue weighted by atomic mass is 9.90. The average Bonchev–Trinajstić information content (AvgIpc) is 3.08. The summed E-state index contributed by atoms with van der Waals surface area (Å²) in [6.45, 7) is 3.42. The van der Waals surface area contributed by atoms with E-state index in [1.54, 1.807) is 11.9 Å². The van der Waals surface area contributed by atoms with Gasteiger partial charge in [-0.2, -0.15) is 13.8 Å². The summed E-state index contributed by atoms with van der Waals surface area (Å²) in [5.74, 6) is -1.76. The smallest absolute Gasteiger partial charge is 0.243 e. The molecule has 1 aliphatic heterocycles. The quantitative estimate of drug-likeness (QED) is 0.715. The lowest BCUT2D eigenvalue weighted by molar-refractivity contribution is -0.144. The minimum Gasteiger partial charge on any atom is -0.340 e. The molecule has 1 saturated heterocycles. The molecule has 1 aliphatic carbocycles. The Balaban J connectivity index is 0.00000160. The SMILES string of the molecule is CN(Cc1cc(F)nc(F)c1)C(=O)C1(N2CCNCC2)Cc2ccccc2C1.Cl.Cl. The van der Waals surface area contributed by atoms with Gasteiger partial charge in [-0.1, -0.05) is 24.3 Å². The third kappa shape index (κ3) is 4.75. The summed E-state index contributed by atoms with van der Waals surface area (Å²) in [5.41, 5.74) is 2.14. The van der Waals surface area contributed by atoms with Crippen molar-refractivity contribution in [2.45, 2.75) is 24.9 Å². The molecule has 0 unspecified atom stereocenters. The molecule has 1 aromatic carbocycles. The first-order valence-corrected chi connectivity index (χ1v) is 9.58. The summed E-state index contributed by atoms with van der Waals surface area (Å²) in [6.07, 6.45) is 1.32. The number of likely N-dealkylation sites (N-methyl/N-ethyl adjacent to an activating group) is 1. The van der Waals surface area contributed by atoms with Crippen LogP contribution in [0.4, 0.5) is 8.78 Å². The average molecular weight is 459 g/mol. The van der Waals surface area contributed by atoms with Gasteiger partial charge in [0.2, 0.25) is 17.8 Å². The van der Waals surface area contributed by atoms with Gasteiger partial charge in [-0.3, -0.25) is 9.69 Å². The van der Waals surface area contributed by atoms with Crippen LogP contribution in [0.5, 0.6) is 0 Å². The summed E-state index contributed by atoms with van der Waals surface area (Å²) in [5, 5.41) is 3.34. The van der Waals surface area contributed by atoms with Crippen LogP contribution in [0.15, 0.2) is 36.4 Å². The van der Waals surface area contributed by atoms with Gasteiger partial charge in [0.25, 0.3) is 0 Å². The van der Waals surface area contributed by atoms with E-state index in [2.05, 4.69) is 27.3 Å². The van der Waals surface area contributed by atoms with Crippen molar-refractivity contribution in [1.29, 1.82) is 0 Å². The first-order chi connectivity index (χ1) is 13.5. The minimum atomic E-state index is -0.874. The van der Waals surface area contributed by atoms with Gasteiger partial charge in [0.15, 0.2) is 0 Å². The summed E-state index contributed by atoms with van der Waals surface area (Å²) < 4.78 is 26.9. The van der Waals surface area contributed by atoms with E-state index in [1.165, 1.54) is 23.3 Å². The van der Waals surface area contributed by atoms with Crippen LogP contribution in [-0.2, 0) is 24.2 Å². The van der Waals surface area contributed by atoms with Crippen molar-refractivity contribution in [3.05, 3.63) is 65.0 Å². The Labute approximate surface area is 187 Å². The molecule has 2 heterocycles. The molecular formula is C21H26Cl2F2N4O. The fourth-order valence-electron chi connectivity index (χ4n) is 4.50. The second-order valence-corrected chi connectivity index (χ2v) is 7.67. The molecule has 1 aromatic heterocycles. The number of carbonyl (C=O) groups excluding carboxylic acids is 1. The van der Waals surface area contributed by atoms with Crippen LogP contribution < -0.4 is 5.32 Å². The van der Waals surface area contributed by atoms with Crippen LogP contribution in [0.1, 0.15) is 16.7 Å². The van der Waals surface area contributed by atoms with E-state index in [9.17, 15) is 13.6 Å². The third-order valence-corrected chi connectivity index (χ3v) is 5.79. The Morgan fingerprint density at radius 1 is 1.10 bits per heavy atom. The van der Waals surface area contributed by atoms with Crippen LogP contribution in [-0.4, -0.2) is 59.5 Å². The molecular weight excluding hydrogens is 433 g/mol. The molecule has 1 N–H and O–H groups in total. The predicted octanol–water partition coefficient (Wildman–Crippen LogP) is 2.60. The standard InChI is InChI=1S/C21H24F2N4O.2ClH/c1-26(14-15-10-18(22)25-19(23)11-15)20(28)21(27-8-6-24-7-9-27)12-16-4-2-3-5-17(16)13-21;;/h2-5,10-11,24H,6-9,12-14H2,1H3;2*1H. The zero-order chi connectivity index (χ0) is 19.7. The highest BCUT2D eigenvalue weighted by molar-refractivity contribution is 5.88. The number of hydrogen-bond donors (Lipinski definition) is 1. The van der Waals surface area contributed by atoms with Crippen LogP contribution in [0.2, 0.25) is 0 Å². The van der Waals surface area contributed by atoms with Crippen LogP contribution >= 0.6 is 24.8 Å². The van der Waals surface area contributed by atoms with Crippen molar-refractivity contribution in [1.82, 2.24) is 20.1 Å². The molecule has 0 spiro atoms. The molecule has 1 fully saturated rings. The second kappa shape index (κ2) is 10.0. The number of hydrogen-bond acceptors (Lipinski definition) is 4. The predicted molar refractivity (Wildman–Crippen MR) is 116 cm³/mol. The molecule has 2 aliphatic rings. The number of rotatable bonds is 4. The Morgan fingerprint density at radius 3 is 2.17 bits per heavy atom. The van der Waals surface area contributed by atoms with E-state index < -0.39 is 17.4 Å². The first kappa shape index (κ1) is 24.5. The molecule has 4 rings (SSSR count). The largest absolute Gasteiger partial charge is 0.340 e. The molecule has 5 nitrogen and oxygen atoms in total. The number of benzene rings is 1. The number of nitrogens with zero attached hydrogens (tertiary/aromatic N) is 3. The highest BCUT2D eigenvalue weighted by Crippen LogP contribution is 2.36. The summed E-state index contributed by atoms with van der Waals surface area (Å²) in [4.78, 5) is 20.7. The highest BCUT2D eigenvalue weighted by Gasteiger charge is 2.49. The molecule has 0 atom stereocenters. The molecule has 9 heteroatoms. The first-order valence-electron chi connectivity index (χ1n) is 9.58. The molecule has 30 heavy (non-hydrogen) atoms. The molecule has 1 amide bonds. The molecule has 2 aromatic rings. The Kier molecular flexibility index (Phi) is 8.16. The lowest BCUT2D eigenvalue weighted by Gasteiger charge is -2.44. The van der Waals surface area contributed by atoms with Crippen molar-refractivity contribution in [3.8, 4) is 0 Å². The number of fused-ring (bicyclic) bond motifs is 1. The van der Waals surface area contributed by atoms with E-state index >= 15 is 0 Å². The number of pyridine rings is 1. The van der Waals surface area contributed by atoms with E-state index in [-0.39, 0.29) is 37.3 Å². The zero-order valence-electron chi connectivity index (χ0n) is 16.7.